The van der Waals surface area contributed by atoms with Crippen molar-refractivity contribution in [2.24, 2.45) is 0 Å². The van der Waals surface area contributed by atoms with Crippen molar-refractivity contribution in [1.29, 1.82) is 0 Å². The Bertz CT molecular complexity index is 437. The quantitative estimate of drug-likeness (QED) is 0.912. The first kappa shape index (κ1) is 13.9. The van der Waals surface area contributed by atoms with E-state index >= 15 is 0 Å². The zero-order valence-corrected chi connectivity index (χ0v) is 12.8. The molecule has 0 radical (unpaired) electrons. The van der Waals surface area contributed by atoms with Crippen LogP contribution < -0.4 is 5.32 Å². The lowest BCUT2D eigenvalue weighted by Gasteiger charge is -2.27. The fraction of sp³-hybridized carbons (Fsp3) is 0.812. The molecule has 0 spiro atoms. The van der Waals surface area contributed by atoms with Gasteiger partial charge in [-0.15, -0.1) is 0 Å². The predicted octanol–water partition coefficient (Wildman–Crippen LogP) is 3.68. The average molecular weight is 277 g/mol. The van der Waals surface area contributed by atoms with Crippen molar-refractivity contribution in [2.75, 3.05) is 12.4 Å². The number of nitrogens with one attached hydrogen (secondary N) is 1. The molecule has 1 aromatic heterocycles. The van der Waals surface area contributed by atoms with Crippen LogP contribution in [0.4, 0.5) is 5.95 Å². The van der Waals surface area contributed by atoms with Crippen LogP contribution in [-0.4, -0.2) is 28.8 Å². The van der Waals surface area contributed by atoms with Crippen LogP contribution >= 0.6 is 0 Å². The maximum Gasteiger partial charge on any atom is 0.203 e. The Hall–Kier alpha value is -1.03. The van der Waals surface area contributed by atoms with Crippen LogP contribution in [0.3, 0.4) is 0 Å². The first-order valence-corrected chi connectivity index (χ1v) is 8.12. The molecule has 0 aromatic carbocycles. The second-order valence-corrected chi connectivity index (χ2v) is 6.36. The minimum absolute atomic E-state index is 0.340. The summed E-state index contributed by atoms with van der Waals surface area (Å²) in [5.41, 5.74) is 1.12. The van der Waals surface area contributed by atoms with Gasteiger partial charge >= 0.3 is 0 Å². The van der Waals surface area contributed by atoms with Crippen molar-refractivity contribution in [3.8, 4) is 0 Å². The summed E-state index contributed by atoms with van der Waals surface area (Å²) in [7, 11) is 1.82. The minimum atomic E-state index is 0.340. The van der Waals surface area contributed by atoms with Gasteiger partial charge in [-0.05, 0) is 39.0 Å². The Balaban J connectivity index is 1.75. The maximum atomic E-state index is 5.59. The third-order valence-electron chi connectivity index (χ3n) is 4.89. The second-order valence-electron chi connectivity index (χ2n) is 6.36. The number of ether oxygens (including phenoxy) is 1. The summed E-state index contributed by atoms with van der Waals surface area (Å²) in [6.07, 6.45) is 12.8. The Kier molecular flexibility index (Phi) is 4.29. The number of aromatic nitrogens is 2. The molecule has 1 N–H and O–H groups in total. The molecule has 0 aliphatic heterocycles. The summed E-state index contributed by atoms with van der Waals surface area (Å²) in [5.74, 6) is 1.06. The van der Waals surface area contributed by atoms with E-state index in [9.17, 15) is 0 Å². The number of aryl methyl sites for hydroxylation is 1. The summed E-state index contributed by atoms with van der Waals surface area (Å²) in [5, 5.41) is 3.66. The molecule has 2 fully saturated rings. The van der Waals surface area contributed by atoms with Crippen LogP contribution in [0.25, 0.3) is 0 Å². The van der Waals surface area contributed by atoms with E-state index in [1.165, 1.54) is 44.9 Å². The Morgan fingerprint density at radius 1 is 1.15 bits per heavy atom. The van der Waals surface area contributed by atoms with Gasteiger partial charge in [-0.3, -0.25) is 0 Å². The summed E-state index contributed by atoms with van der Waals surface area (Å²) < 4.78 is 7.98. The Labute approximate surface area is 121 Å². The van der Waals surface area contributed by atoms with E-state index in [1.54, 1.807) is 0 Å². The van der Waals surface area contributed by atoms with E-state index in [2.05, 4.69) is 23.0 Å². The van der Waals surface area contributed by atoms with Crippen LogP contribution in [0.1, 0.15) is 63.1 Å². The van der Waals surface area contributed by atoms with E-state index in [-0.39, 0.29) is 0 Å². The SMILES string of the molecule is COC1CCCC1Nc1nc(C)cn1C1CCCCC1. The molecule has 112 valence electrons. The highest BCUT2D eigenvalue weighted by molar-refractivity contribution is 5.32. The number of hydrogen-bond donors (Lipinski definition) is 1. The highest BCUT2D eigenvalue weighted by Crippen LogP contribution is 2.32. The molecule has 0 saturated heterocycles. The molecular weight excluding hydrogens is 250 g/mol. The van der Waals surface area contributed by atoms with Crippen LogP contribution in [0, 0.1) is 6.92 Å². The Morgan fingerprint density at radius 2 is 1.95 bits per heavy atom. The molecule has 2 aliphatic rings. The normalized spacial score (nSPS) is 27.9. The van der Waals surface area contributed by atoms with E-state index < -0.39 is 0 Å². The van der Waals surface area contributed by atoms with Crippen molar-refractivity contribution in [2.45, 2.75) is 76.5 Å². The largest absolute Gasteiger partial charge is 0.379 e. The number of methoxy groups -OCH3 is 1. The molecule has 0 bridgehead atoms. The first-order chi connectivity index (χ1) is 9.78. The average Bonchev–Trinajstić information content (AvgIpc) is 3.06. The van der Waals surface area contributed by atoms with Gasteiger partial charge in [0, 0.05) is 19.3 Å². The number of hydrogen-bond acceptors (Lipinski definition) is 3. The zero-order valence-electron chi connectivity index (χ0n) is 12.8. The number of imidazole rings is 1. The molecule has 1 heterocycles. The maximum absolute atomic E-state index is 5.59. The van der Waals surface area contributed by atoms with Gasteiger partial charge in [0.1, 0.15) is 0 Å². The van der Waals surface area contributed by atoms with Crippen LogP contribution in [-0.2, 0) is 4.74 Å². The molecule has 4 heteroatoms. The minimum Gasteiger partial charge on any atom is -0.379 e. The van der Waals surface area contributed by atoms with Gasteiger partial charge in [-0.2, -0.15) is 0 Å². The van der Waals surface area contributed by atoms with Gasteiger partial charge in [0.2, 0.25) is 5.95 Å². The summed E-state index contributed by atoms with van der Waals surface area (Å²) in [4.78, 5) is 4.71. The molecule has 0 amide bonds. The summed E-state index contributed by atoms with van der Waals surface area (Å²) in [6.45, 7) is 2.09. The molecule has 20 heavy (non-hydrogen) atoms. The standard InChI is InChI=1S/C16H27N3O/c1-12-11-19(13-7-4-3-5-8-13)16(17-12)18-14-9-6-10-15(14)20-2/h11,13-15H,3-10H2,1-2H3,(H,17,18). The van der Waals surface area contributed by atoms with Crippen molar-refractivity contribution >= 4 is 5.95 Å². The van der Waals surface area contributed by atoms with Gasteiger partial charge in [0.15, 0.2) is 0 Å². The van der Waals surface area contributed by atoms with Crippen LogP contribution in [0.5, 0.6) is 0 Å². The zero-order chi connectivity index (χ0) is 13.9. The molecule has 2 aliphatic carbocycles. The molecule has 2 atom stereocenters. The Morgan fingerprint density at radius 3 is 2.70 bits per heavy atom. The van der Waals surface area contributed by atoms with E-state index in [4.69, 9.17) is 9.72 Å². The molecule has 2 saturated carbocycles. The summed E-state index contributed by atoms with van der Waals surface area (Å²) >= 11 is 0. The van der Waals surface area contributed by atoms with E-state index in [1.807, 2.05) is 7.11 Å². The molecule has 3 rings (SSSR count). The van der Waals surface area contributed by atoms with Crippen LogP contribution in [0.15, 0.2) is 6.20 Å². The van der Waals surface area contributed by atoms with Gasteiger partial charge in [0.05, 0.1) is 17.8 Å². The number of anilines is 1. The lowest BCUT2D eigenvalue weighted by molar-refractivity contribution is 0.100. The number of rotatable bonds is 4. The highest BCUT2D eigenvalue weighted by atomic mass is 16.5. The first-order valence-electron chi connectivity index (χ1n) is 8.12. The fourth-order valence-corrected chi connectivity index (χ4v) is 3.80. The monoisotopic (exact) mass is 277 g/mol. The topological polar surface area (TPSA) is 39.1 Å². The summed E-state index contributed by atoms with van der Waals surface area (Å²) in [6, 6.07) is 1.05. The van der Waals surface area contributed by atoms with Gasteiger partial charge in [-0.1, -0.05) is 19.3 Å². The third-order valence-corrected chi connectivity index (χ3v) is 4.89. The smallest absolute Gasteiger partial charge is 0.203 e. The molecule has 2 unspecified atom stereocenters. The molecule has 4 nitrogen and oxygen atoms in total. The van der Waals surface area contributed by atoms with Crippen molar-refractivity contribution in [3.63, 3.8) is 0 Å². The van der Waals surface area contributed by atoms with Gasteiger partial charge < -0.3 is 14.6 Å². The predicted molar refractivity (Wildman–Crippen MR) is 81.1 cm³/mol. The van der Waals surface area contributed by atoms with E-state index in [0.29, 0.717) is 18.2 Å². The van der Waals surface area contributed by atoms with E-state index in [0.717, 1.165) is 18.1 Å². The van der Waals surface area contributed by atoms with Crippen molar-refractivity contribution in [3.05, 3.63) is 11.9 Å². The fourth-order valence-electron chi connectivity index (χ4n) is 3.80. The lowest BCUT2D eigenvalue weighted by Crippen LogP contribution is -2.31. The van der Waals surface area contributed by atoms with Crippen LogP contribution in [0.2, 0.25) is 0 Å². The third kappa shape index (κ3) is 2.85. The second kappa shape index (κ2) is 6.17. The van der Waals surface area contributed by atoms with Gasteiger partial charge in [0.25, 0.3) is 0 Å². The van der Waals surface area contributed by atoms with Crippen molar-refractivity contribution < 1.29 is 4.74 Å². The van der Waals surface area contributed by atoms with Crippen molar-refractivity contribution in [1.82, 2.24) is 9.55 Å². The lowest BCUT2D eigenvalue weighted by atomic mass is 9.95. The molecule has 1 aromatic rings. The van der Waals surface area contributed by atoms with Gasteiger partial charge in [-0.25, -0.2) is 4.98 Å². The number of nitrogens with zero attached hydrogens (tertiary/aromatic N) is 2. The highest BCUT2D eigenvalue weighted by Gasteiger charge is 2.29. The molecular formula is C16H27N3O.